The molecule has 0 radical (unpaired) electrons. The average molecular weight is 346 g/mol. The first-order valence-corrected chi connectivity index (χ1v) is 8.74. The van der Waals surface area contributed by atoms with Crippen LogP contribution in [-0.2, 0) is 0 Å². The van der Waals surface area contributed by atoms with E-state index in [0.29, 0.717) is 5.11 Å². The number of quaternary nitrogens is 1. The molecule has 24 heavy (non-hydrogen) atoms. The fourth-order valence-corrected chi connectivity index (χ4v) is 3.36. The number of hydrogen-bond donors (Lipinski definition) is 3. The van der Waals surface area contributed by atoms with E-state index >= 15 is 0 Å². The highest BCUT2D eigenvalue weighted by molar-refractivity contribution is 7.80. The number of methoxy groups -OCH3 is 1. The molecule has 0 spiro atoms. The molecular formula is C18H24N3O2S+. The molecular weight excluding hydrogens is 322 g/mol. The van der Waals surface area contributed by atoms with Crippen LogP contribution in [0.1, 0.15) is 24.6 Å². The molecule has 0 unspecified atom stereocenters. The Kier molecular flexibility index (Phi) is 5.72. The van der Waals surface area contributed by atoms with Crippen LogP contribution in [0.25, 0.3) is 0 Å². The second-order valence-corrected chi connectivity index (χ2v) is 6.41. The standard InChI is InChI=1S/C18H23N3O2S/c1-22-15-8-6-14(7-9-15)20-18(24)19-13-16(17-5-4-12-23-17)21-10-2-3-11-21/h4-9,12,16H,2-3,10-11,13H2,1H3,(H2,19,20,24)/p+1/t16-/m1/s1. The van der Waals surface area contributed by atoms with Gasteiger partial charge in [0.1, 0.15) is 5.75 Å². The molecule has 2 aromatic rings. The summed E-state index contributed by atoms with van der Waals surface area (Å²) in [7, 11) is 1.66. The zero-order chi connectivity index (χ0) is 16.8. The first-order valence-electron chi connectivity index (χ1n) is 8.33. The number of likely N-dealkylation sites (tertiary alicyclic amines) is 1. The van der Waals surface area contributed by atoms with Crippen molar-refractivity contribution in [2.75, 3.05) is 32.1 Å². The van der Waals surface area contributed by atoms with Crippen molar-refractivity contribution in [2.24, 2.45) is 0 Å². The number of anilines is 1. The summed E-state index contributed by atoms with van der Waals surface area (Å²) < 4.78 is 10.8. The molecule has 1 atom stereocenters. The van der Waals surface area contributed by atoms with Gasteiger partial charge in [-0.15, -0.1) is 0 Å². The quantitative estimate of drug-likeness (QED) is 0.699. The Bertz CT molecular complexity index is 637. The van der Waals surface area contributed by atoms with E-state index in [1.165, 1.54) is 25.9 Å². The minimum Gasteiger partial charge on any atom is -0.497 e. The van der Waals surface area contributed by atoms with Gasteiger partial charge in [-0.2, -0.15) is 0 Å². The normalized spacial score (nSPS) is 15.9. The first kappa shape index (κ1) is 16.8. The average Bonchev–Trinajstić information content (AvgIpc) is 3.30. The van der Waals surface area contributed by atoms with Gasteiger partial charge in [0.25, 0.3) is 0 Å². The monoisotopic (exact) mass is 346 g/mol. The maximum absolute atomic E-state index is 5.65. The van der Waals surface area contributed by atoms with Crippen LogP contribution >= 0.6 is 12.2 Å². The summed E-state index contributed by atoms with van der Waals surface area (Å²) in [5.74, 6) is 1.85. The predicted molar refractivity (Wildman–Crippen MR) is 98.6 cm³/mol. The Morgan fingerprint density at radius 1 is 1.25 bits per heavy atom. The van der Waals surface area contributed by atoms with Gasteiger partial charge in [0.05, 0.1) is 33.0 Å². The predicted octanol–water partition coefficient (Wildman–Crippen LogP) is 1.99. The molecule has 1 aliphatic rings. The minimum atomic E-state index is 0.290. The minimum absolute atomic E-state index is 0.290. The molecule has 0 bridgehead atoms. The molecule has 6 heteroatoms. The van der Waals surface area contributed by atoms with Crippen LogP contribution in [0, 0.1) is 0 Å². The smallest absolute Gasteiger partial charge is 0.171 e. The molecule has 0 amide bonds. The van der Waals surface area contributed by atoms with Crippen LogP contribution < -0.4 is 20.3 Å². The fraction of sp³-hybridized carbons (Fsp3) is 0.389. The number of nitrogens with one attached hydrogen (secondary N) is 3. The van der Waals surface area contributed by atoms with Crippen molar-refractivity contribution < 1.29 is 14.1 Å². The summed E-state index contributed by atoms with van der Waals surface area (Å²) in [6, 6.07) is 12.0. The summed E-state index contributed by atoms with van der Waals surface area (Å²) in [5.41, 5.74) is 0.941. The number of furan rings is 1. The van der Waals surface area contributed by atoms with Crippen molar-refractivity contribution in [2.45, 2.75) is 18.9 Å². The lowest BCUT2D eigenvalue weighted by molar-refractivity contribution is -0.919. The van der Waals surface area contributed by atoms with Crippen molar-refractivity contribution in [1.82, 2.24) is 5.32 Å². The van der Waals surface area contributed by atoms with E-state index in [2.05, 4.69) is 16.7 Å². The summed E-state index contributed by atoms with van der Waals surface area (Å²) in [5, 5.41) is 7.16. The molecule has 1 aromatic heterocycles. The van der Waals surface area contributed by atoms with Gasteiger partial charge in [-0.05, 0) is 48.6 Å². The number of ether oxygens (including phenoxy) is 1. The lowest BCUT2D eigenvalue weighted by atomic mass is 10.2. The Balaban J connectivity index is 1.56. The molecule has 1 aliphatic heterocycles. The second-order valence-electron chi connectivity index (χ2n) is 6.00. The molecule has 0 saturated carbocycles. The first-order chi connectivity index (χ1) is 11.8. The SMILES string of the molecule is COc1ccc(NC(=S)NC[C@H](c2ccco2)[NH+]2CCCC2)cc1. The summed E-state index contributed by atoms with van der Waals surface area (Å²) in [4.78, 5) is 1.56. The molecule has 1 saturated heterocycles. The lowest BCUT2D eigenvalue weighted by Crippen LogP contribution is -3.11. The van der Waals surface area contributed by atoms with Gasteiger partial charge in [-0.25, -0.2) is 0 Å². The van der Waals surface area contributed by atoms with E-state index in [9.17, 15) is 0 Å². The van der Waals surface area contributed by atoms with Crippen LogP contribution in [0.2, 0.25) is 0 Å². The number of thiocarbonyl (C=S) groups is 1. The Labute approximate surface area is 148 Å². The topological polar surface area (TPSA) is 50.9 Å². The van der Waals surface area contributed by atoms with Gasteiger partial charge >= 0.3 is 0 Å². The summed E-state index contributed by atoms with van der Waals surface area (Å²) >= 11 is 5.43. The highest BCUT2D eigenvalue weighted by atomic mass is 32.1. The largest absolute Gasteiger partial charge is 0.497 e. The molecule has 2 heterocycles. The maximum atomic E-state index is 5.65. The Morgan fingerprint density at radius 3 is 2.62 bits per heavy atom. The highest BCUT2D eigenvalue weighted by Gasteiger charge is 2.29. The zero-order valence-electron chi connectivity index (χ0n) is 13.9. The van der Waals surface area contributed by atoms with E-state index in [4.69, 9.17) is 21.4 Å². The van der Waals surface area contributed by atoms with Crippen molar-refractivity contribution >= 4 is 23.0 Å². The van der Waals surface area contributed by atoms with Crippen LogP contribution in [0.4, 0.5) is 5.69 Å². The summed E-state index contributed by atoms with van der Waals surface area (Å²) in [6.07, 6.45) is 4.30. The van der Waals surface area contributed by atoms with Gasteiger partial charge < -0.3 is 24.7 Å². The zero-order valence-corrected chi connectivity index (χ0v) is 14.7. The van der Waals surface area contributed by atoms with Crippen LogP contribution in [-0.4, -0.2) is 31.9 Å². The third-order valence-corrected chi connectivity index (χ3v) is 4.69. The molecule has 0 aliphatic carbocycles. The van der Waals surface area contributed by atoms with Crippen LogP contribution in [0.3, 0.4) is 0 Å². The number of rotatable bonds is 6. The van der Waals surface area contributed by atoms with E-state index in [1.807, 2.05) is 30.3 Å². The molecule has 128 valence electrons. The van der Waals surface area contributed by atoms with Crippen molar-refractivity contribution in [3.63, 3.8) is 0 Å². The highest BCUT2D eigenvalue weighted by Crippen LogP contribution is 2.15. The Morgan fingerprint density at radius 2 is 2.00 bits per heavy atom. The molecule has 1 aromatic carbocycles. The third kappa shape index (κ3) is 4.27. The van der Waals surface area contributed by atoms with Crippen molar-refractivity contribution in [3.05, 3.63) is 48.4 Å². The molecule has 5 nitrogen and oxygen atoms in total. The van der Waals surface area contributed by atoms with Crippen molar-refractivity contribution in [3.8, 4) is 5.75 Å². The van der Waals surface area contributed by atoms with Gasteiger partial charge in [0.15, 0.2) is 16.9 Å². The van der Waals surface area contributed by atoms with E-state index in [1.54, 1.807) is 18.3 Å². The lowest BCUT2D eigenvalue weighted by Gasteiger charge is -2.23. The van der Waals surface area contributed by atoms with Gasteiger partial charge in [0.2, 0.25) is 0 Å². The maximum Gasteiger partial charge on any atom is 0.171 e. The van der Waals surface area contributed by atoms with E-state index in [-0.39, 0.29) is 6.04 Å². The van der Waals surface area contributed by atoms with E-state index in [0.717, 1.165) is 23.7 Å². The summed E-state index contributed by atoms with van der Waals surface area (Å²) in [6.45, 7) is 3.13. The Hall–Kier alpha value is -2.05. The molecule has 3 rings (SSSR count). The van der Waals surface area contributed by atoms with Crippen LogP contribution in [0.15, 0.2) is 47.1 Å². The number of benzene rings is 1. The fourth-order valence-electron chi connectivity index (χ4n) is 3.16. The third-order valence-electron chi connectivity index (χ3n) is 4.44. The van der Waals surface area contributed by atoms with Crippen molar-refractivity contribution in [1.29, 1.82) is 0 Å². The molecule has 1 fully saturated rings. The van der Waals surface area contributed by atoms with Gasteiger partial charge in [-0.1, -0.05) is 0 Å². The van der Waals surface area contributed by atoms with Gasteiger partial charge in [0, 0.05) is 18.5 Å². The van der Waals surface area contributed by atoms with Crippen LogP contribution in [0.5, 0.6) is 5.75 Å². The number of hydrogen-bond acceptors (Lipinski definition) is 3. The second kappa shape index (κ2) is 8.17. The van der Waals surface area contributed by atoms with E-state index < -0.39 is 0 Å². The van der Waals surface area contributed by atoms with Gasteiger partial charge in [-0.3, -0.25) is 0 Å². The molecule has 3 N–H and O–H groups in total.